The molecule has 0 aliphatic heterocycles. The van der Waals surface area contributed by atoms with Crippen LogP contribution in [0, 0.1) is 6.92 Å². The van der Waals surface area contributed by atoms with Crippen molar-refractivity contribution >= 4 is 71.6 Å². The summed E-state index contributed by atoms with van der Waals surface area (Å²) >= 11 is 0. The molecule has 2 aromatic heterocycles. The van der Waals surface area contributed by atoms with E-state index < -0.39 is 0 Å². The van der Waals surface area contributed by atoms with Gasteiger partial charge >= 0.3 is 0 Å². The first-order valence-corrected chi connectivity index (χ1v) is 21.2. The number of anilines is 3. The molecular formula is C59H40N2O. The zero-order valence-corrected chi connectivity index (χ0v) is 34.2. The summed E-state index contributed by atoms with van der Waals surface area (Å²) in [6.45, 7) is 2.16. The highest BCUT2D eigenvalue weighted by molar-refractivity contribution is 6.12. The number of furan rings is 1. The van der Waals surface area contributed by atoms with E-state index in [9.17, 15) is 0 Å². The number of aryl methyl sites for hydroxylation is 1. The van der Waals surface area contributed by atoms with Crippen LogP contribution in [-0.4, -0.2) is 4.57 Å². The van der Waals surface area contributed by atoms with E-state index in [-0.39, 0.29) is 0 Å². The van der Waals surface area contributed by atoms with Crippen LogP contribution in [0.25, 0.3) is 93.6 Å². The third-order valence-electron chi connectivity index (χ3n) is 12.4. The van der Waals surface area contributed by atoms with Gasteiger partial charge in [0, 0.05) is 44.2 Å². The summed E-state index contributed by atoms with van der Waals surface area (Å²) < 4.78 is 8.77. The zero-order chi connectivity index (χ0) is 41.1. The number of hydrogen-bond donors (Lipinski definition) is 0. The summed E-state index contributed by atoms with van der Waals surface area (Å²) in [4.78, 5) is 2.42. The quantitative estimate of drug-likeness (QED) is 0.160. The summed E-state index contributed by atoms with van der Waals surface area (Å²) in [5, 5.41) is 7.11. The molecule has 0 radical (unpaired) electrons. The molecule has 0 unspecified atom stereocenters. The maximum Gasteiger partial charge on any atom is 0.135 e. The highest BCUT2D eigenvalue weighted by Gasteiger charge is 2.22. The molecule has 0 fully saturated rings. The fraction of sp³-hybridized carbons (Fsp3) is 0.0169. The van der Waals surface area contributed by atoms with Crippen LogP contribution in [0.2, 0.25) is 0 Å². The van der Waals surface area contributed by atoms with Crippen LogP contribution in [0.3, 0.4) is 0 Å². The summed E-state index contributed by atoms with van der Waals surface area (Å²) in [5.74, 6) is 0. The van der Waals surface area contributed by atoms with E-state index in [1.807, 2.05) is 12.1 Å². The fourth-order valence-electron chi connectivity index (χ4n) is 9.62. The summed E-state index contributed by atoms with van der Waals surface area (Å²) in [6, 6.07) is 81.3. The van der Waals surface area contributed by atoms with Crippen LogP contribution in [0.4, 0.5) is 17.1 Å². The normalized spacial score (nSPS) is 11.6. The van der Waals surface area contributed by atoms with Gasteiger partial charge in [0.1, 0.15) is 11.2 Å². The molecule has 0 N–H and O–H groups in total. The molecule has 12 rings (SSSR count). The number of hydrogen-bond acceptors (Lipinski definition) is 2. The number of fused-ring (bicyclic) bond motifs is 7. The molecule has 0 saturated heterocycles. The van der Waals surface area contributed by atoms with E-state index in [1.165, 1.54) is 54.8 Å². The Labute approximate surface area is 360 Å². The van der Waals surface area contributed by atoms with E-state index in [4.69, 9.17) is 4.42 Å². The van der Waals surface area contributed by atoms with Gasteiger partial charge in [-0.25, -0.2) is 0 Å². The minimum absolute atomic E-state index is 0.871. The molecule has 292 valence electrons. The Morgan fingerprint density at radius 2 is 1.05 bits per heavy atom. The molecule has 62 heavy (non-hydrogen) atoms. The van der Waals surface area contributed by atoms with Crippen LogP contribution >= 0.6 is 0 Å². The minimum atomic E-state index is 0.871. The second-order valence-corrected chi connectivity index (χ2v) is 16.2. The highest BCUT2D eigenvalue weighted by Crippen LogP contribution is 2.46. The van der Waals surface area contributed by atoms with Gasteiger partial charge in [-0.05, 0) is 118 Å². The first-order chi connectivity index (χ1) is 30.7. The molecule has 0 atom stereocenters. The van der Waals surface area contributed by atoms with Crippen molar-refractivity contribution in [2.45, 2.75) is 6.92 Å². The topological polar surface area (TPSA) is 21.3 Å². The Hall–Kier alpha value is -8.14. The lowest BCUT2D eigenvalue weighted by Crippen LogP contribution is -2.11. The van der Waals surface area contributed by atoms with Crippen LogP contribution in [0.1, 0.15) is 5.56 Å². The molecule has 0 saturated carbocycles. The average molecular weight is 793 g/mol. The minimum Gasteiger partial charge on any atom is -0.456 e. The predicted octanol–water partition coefficient (Wildman–Crippen LogP) is 16.6. The van der Waals surface area contributed by atoms with Gasteiger partial charge in [-0.1, -0.05) is 158 Å². The zero-order valence-electron chi connectivity index (χ0n) is 34.2. The number of benzene rings is 10. The molecule has 0 amide bonds. The molecular weight excluding hydrogens is 753 g/mol. The Balaban J connectivity index is 1.08. The Kier molecular flexibility index (Phi) is 8.39. The van der Waals surface area contributed by atoms with Gasteiger partial charge < -0.3 is 13.9 Å². The molecule has 12 aromatic rings. The van der Waals surface area contributed by atoms with Crippen molar-refractivity contribution in [3.05, 3.63) is 230 Å². The second kappa shape index (κ2) is 14.5. The van der Waals surface area contributed by atoms with Gasteiger partial charge in [-0.15, -0.1) is 0 Å². The molecule has 0 spiro atoms. The molecule has 0 bridgehead atoms. The first-order valence-electron chi connectivity index (χ1n) is 21.2. The third kappa shape index (κ3) is 5.89. The van der Waals surface area contributed by atoms with Crippen molar-refractivity contribution in [1.82, 2.24) is 4.57 Å². The lowest BCUT2D eigenvalue weighted by Gasteiger charge is -2.29. The third-order valence-corrected chi connectivity index (χ3v) is 12.4. The van der Waals surface area contributed by atoms with Gasteiger partial charge in [-0.3, -0.25) is 0 Å². The van der Waals surface area contributed by atoms with Crippen molar-refractivity contribution in [2.24, 2.45) is 0 Å². The Morgan fingerprint density at radius 3 is 1.94 bits per heavy atom. The van der Waals surface area contributed by atoms with Gasteiger partial charge in [0.05, 0.1) is 16.7 Å². The van der Waals surface area contributed by atoms with Gasteiger partial charge in [0.2, 0.25) is 0 Å². The van der Waals surface area contributed by atoms with Crippen LogP contribution in [-0.2, 0) is 0 Å². The second-order valence-electron chi connectivity index (χ2n) is 16.2. The smallest absolute Gasteiger partial charge is 0.135 e. The molecule has 3 nitrogen and oxygen atoms in total. The fourth-order valence-corrected chi connectivity index (χ4v) is 9.62. The van der Waals surface area contributed by atoms with Crippen molar-refractivity contribution in [3.63, 3.8) is 0 Å². The van der Waals surface area contributed by atoms with E-state index in [1.54, 1.807) is 0 Å². The van der Waals surface area contributed by atoms with Crippen molar-refractivity contribution < 1.29 is 4.42 Å². The van der Waals surface area contributed by atoms with Crippen molar-refractivity contribution in [1.29, 1.82) is 0 Å². The lowest BCUT2D eigenvalue weighted by molar-refractivity contribution is 0.669. The van der Waals surface area contributed by atoms with E-state index in [0.717, 1.165) is 61.4 Å². The van der Waals surface area contributed by atoms with Crippen LogP contribution in [0.15, 0.2) is 229 Å². The standard InChI is InChI=1S/C59H40N2O/c1-39-15-11-21-44(35-39)61-55-29-9-5-23-48(55)50-33-31-43(37-56(50)61)42-20-12-22-45(36-42)60(46-32-34-58-53(38-46)51-25-7-10-30-57(51)62-58)54-28-8-6-24-49(54)52-27-14-19-41-18-13-26-47(59(41)52)40-16-3-2-4-17-40/h2-38H,1H3. The van der Waals surface area contributed by atoms with Crippen molar-refractivity contribution in [3.8, 4) is 39.1 Å². The van der Waals surface area contributed by atoms with E-state index in [0.29, 0.717) is 0 Å². The number of rotatable bonds is 7. The summed E-state index contributed by atoms with van der Waals surface area (Å²) in [7, 11) is 0. The van der Waals surface area contributed by atoms with Gasteiger partial charge in [0.25, 0.3) is 0 Å². The van der Waals surface area contributed by atoms with Crippen LogP contribution < -0.4 is 4.90 Å². The molecule has 3 heteroatoms. The largest absolute Gasteiger partial charge is 0.456 e. The Morgan fingerprint density at radius 1 is 0.387 bits per heavy atom. The number of para-hydroxylation sites is 3. The lowest BCUT2D eigenvalue weighted by atomic mass is 9.90. The number of aromatic nitrogens is 1. The first kappa shape index (κ1) is 35.8. The van der Waals surface area contributed by atoms with E-state index in [2.05, 4.69) is 229 Å². The van der Waals surface area contributed by atoms with E-state index >= 15 is 0 Å². The predicted molar refractivity (Wildman–Crippen MR) is 261 cm³/mol. The van der Waals surface area contributed by atoms with Crippen LogP contribution in [0.5, 0.6) is 0 Å². The van der Waals surface area contributed by atoms with Gasteiger partial charge in [0.15, 0.2) is 0 Å². The highest BCUT2D eigenvalue weighted by atomic mass is 16.3. The Bertz CT molecular complexity index is 3660. The average Bonchev–Trinajstić information content (AvgIpc) is 3.87. The molecule has 0 aliphatic rings. The molecule has 0 aliphatic carbocycles. The van der Waals surface area contributed by atoms with Crippen molar-refractivity contribution in [2.75, 3.05) is 4.90 Å². The summed E-state index contributed by atoms with van der Waals surface area (Å²) in [6.07, 6.45) is 0. The monoisotopic (exact) mass is 792 g/mol. The SMILES string of the molecule is Cc1cccc(-n2c3ccccc3c3ccc(-c4cccc(N(c5ccc6oc7ccccc7c6c5)c5ccccc5-c5cccc6cccc(-c7ccccc7)c56)c4)cc32)c1. The number of nitrogens with zero attached hydrogens (tertiary/aromatic N) is 2. The van der Waals surface area contributed by atoms with Gasteiger partial charge in [-0.2, -0.15) is 0 Å². The summed E-state index contributed by atoms with van der Waals surface area (Å²) in [5.41, 5.74) is 16.8. The molecule has 2 heterocycles. The molecule has 10 aromatic carbocycles. The maximum atomic E-state index is 6.36. The maximum absolute atomic E-state index is 6.36.